The number of aliphatic hydroxyl groups excluding tert-OH is 1. The number of nitrogens with one attached hydrogen (secondary N) is 1. The monoisotopic (exact) mass is 768 g/mol. The van der Waals surface area contributed by atoms with Crippen LogP contribution < -0.4 is 5.32 Å². The maximum Gasteiger partial charge on any atom is 0.472 e. The van der Waals surface area contributed by atoms with Crippen LogP contribution in [0, 0.1) is 0 Å². The van der Waals surface area contributed by atoms with Crippen LogP contribution in [0.3, 0.4) is 0 Å². The molecule has 3 N–H and O–H groups in total. The van der Waals surface area contributed by atoms with Crippen LogP contribution in [0.4, 0.5) is 0 Å². The number of carbonyl (C=O) groups is 1. The van der Waals surface area contributed by atoms with Gasteiger partial charge in [0.15, 0.2) is 0 Å². The molecule has 0 aromatic carbocycles. The summed E-state index contributed by atoms with van der Waals surface area (Å²) < 4.78 is 23.5. The van der Waals surface area contributed by atoms with Crippen molar-refractivity contribution in [3.63, 3.8) is 0 Å². The Labute approximate surface area is 327 Å². The third-order valence-corrected chi connectivity index (χ3v) is 10.2. The van der Waals surface area contributed by atoms with Gasteiger partial charge in [0, 0.05) is 6.42 Å². The Hall–Kier alpha value is -1.54. The number of carbonyl (C=O) groups excluding carboxylic acids is 1. The van der Waals surface area contributed by atoms with Crippen LogP contribution in [0.5, 0.6) is 0 Å². The van der Waals surface area contributed by atoms with Gasteiger partial charge in [-0.15, -0.1) is 0 Å². The number of amides is 1. The SMILES string of the molecule is CCCCCCCC/C=C\CCCCCCCC(=O)NC(COP(=O)(O)OCC[N+](C)(C)C)C(O)/C=C/CC/C=C/CC/C=C/CCCCCCCC. The van der Waals surface area contributed by atoms with Gasteiger partial charge in [-0.25, -0.2) is 4.57 Å². The quantitative estimate of drug-likeness (QED) is 0.0250. The Morgan fingerprint density at radius 2 is 1.04 bits per heavy atom. The van der Waals surface area contributed by atoms with Crippen LogP contribution in [-0.4, -0.2) is 73.4 Å². The molecular formula is C44H84N2O6P+. The normalized spacial score (nSPS) is 14.9. The molecule has 0 aliphatic heterocycles. The number of hydrogen-bond acceptors (Lipinski definition) is 5. The summed E-state index contributed by atoms with van der Waals surface area (Å²) in [5, 5.41) is 13.8. The number of rotatable bonds is 38. The van der Waals surface area contributed by atoms with Crippen LogP contribution in [0.1, 0.15) is 174 Å². The van der Waals surface area contributed by atoms with Crippen LogP contribution in [0.25, 0.3) is 0 Å². The minimum atomic E-state index is -4.35. The fourth-order valence-electron chi connectivity index (χ4n) is 5.77. The van der Waals surface area contributed by atoms with E-state index >= 15 is 0 Å². The summed E-state index contributed by atoms with van der Waals surface area (Å²) in [5.74, 6) is -0.202. The Kier molecular flexibility index (Phi) is 35.1. The Morgan fingerprint density at radius 1 is 0.623 bits per heavy atom. The molecule has 0 fully saturated rings. The lowest BCUT2D eigenvalue weighted by atomic mass is 10.1. The van der Waals surface area contributed by atoms with Gasteiger partial charge in [-0.05, 0) is 70.6 Å². The molecule has 0 radical (unpaired) electrons. The number of quaternary nitrogens is 1. The molecular weight excluding hydrogens is 683 g/mol. The first-order chi connectivity index (χ1) is 25.5. The maximum absolute atomic E-state index is 12.8. The predicted octanol–water partition coefficient (Wildman–Crippen LogP) is 11.7. The summed E-state index contributed by atoms with van der Waals surface area (Å²) in [5.41, 5.74) is 0. The van der Waals surface area contributed by atoms with Crippen LogP contribution >= 0.6 is 7.82 Å². The number of nitrogens with zero attached hydrogens (tertiary/aromatic N) is 1. The molecule has 0 rings (SSSR count). The summed E-state index contributed by atoms with van der Waals surface area (Å²) in [7, 11) is 1.53. The number of phosphoric acid groups is 1. The summed E-state index contributed by atoms with van der Waals surface area (Å²) in [4.78, 5) is 23.1. The molecule has 0 aliphatic rings. The second kappa shape index (κ2) is 36.1. The maximum atomic E-state index is 12.8. The van der Waals surface area contributed by atoms with Gasteiger partial charge in [-0.1, -0.05) is 146 Å². The Bertz CT molecular complexity index is 1010. The standard InChI is InChI=1S/C44H83N2O6P/c1-6-8-10-12-14-16-18-20-22-24-25-27-29-31-33-35-37-43(47)42(41-52-53(49,50)51-40-39-46(3,4)5)45-44(48)38-36-34-32-30-28-26-23-21-19-17-15-13-11-9-7-2/h20-23,27,29,35,37,42-43,47H,6-19,24-26,28,30-34,36,38-41H2,1-5H3,(H-,45,48,49,50)/p+1/b22-20+,23-21-,29-27+,37-35+. The van der Waals surface area contributed by atoms with Gasteiger partial charge in [0.25, 0.3) is 0 Å². The van der Waals surface area contributed by atoms with Gasteiger partial charge in [-0.3, -0.25) is 13.8 Å². The summed E-state index contributed by atoms with van der Waals surface area (Å²) in [6, 6.07) is -0.872. The summed E-state index contributed by atoms with van der Waals surface area (Å²) in [6.45, 7) is 4.74. The fourth-order valence-corrected chi connectivity index (χ4v) is 6.51. The van der Waals surface area contributed by atoms with E-state index in [0.29, 0.717) is 17.4 Å². The largest absolute Gasteiger partial charge is 0.472 e. The molecule has 8 nitrogen and oxygen atoms in total. The van der Waals surface area contributed by atoms with E-state index in [9.17, 15) is 19.4 Å². The van der Waals surface area contributed by atoms with Crippen molar-refractivity contribution in [2.45, 2.75) is 187 Å². The molecule has 9 heteroatoms. The highest BCUT2D eigenvalue weighted by Gasteiger charge is 2.27. The highest BCUT2D eigenvalue weighted by Crippen LogP contribution is 2.43. The van der Waals surface area contributed by atoms with E-state index in [4.69, 9.17) is 9.05 Å². The van der Waals surface area contributed by atoms with Crippen molar-refractivity contribution in [2.24, 2.45) is 0 Å². The van der Waals surface area contributed by atoms with Gasteiger partial charge in [0.05, 0.1) is 39.9 Å². The van der Waals surface area contributed by atoms with Gasteiger partial charge < -0.3 is 19.8 Å². The minimum Gasteiger partial charge on any atom is -0.387 e. The van der Waals surface area contributed by atoms with E-state index in [2.05, 4.69) is 55.6 Å². The average molecular weight is 768 g/mol. The third-order valence-electron chi connectivity index (χ3n) is 9.25. The van der Waals surface area contributed by atoms with Crippen molar-refractivity contribution in [2.75, 3.05) is 40.9 Å². The lowest BCUT2D eigenvalue weighted by Crippen LogP contribution is -2.45. The van der Waals surface area contributed by atoms with E-state index in [1.54, 1.807) is 6.08 Å². The fraction of sp³-hybridized carbons (Fsp3) is 0.795. The molecule has 310 valence electrons. The summed E-state index contributed by atoms with van der Waals surface area (Å²) in [6.07, 6.45) is 44.6. The van der Waals surface area contributed by atoms with E-state index in [-0.39, 0.29) is 19.1 Å². The number of allylic oxidation sites excluding steroid dienone is 7. The smallest absolute Gasteiger partial charge is 0.387 e. The number of likely N-dealkylation sites (N-methyl/N-ethyl adjacent to an activating group) is 1. The van der Waals surface area contributed by atoms with Crippen LogP contribution in [0.15, 0.2) is 48.6 Å². The van der Waals surface area contributed by atoms with Gasteiger partial charge in [0.2, 0.25) is 5.91 Å². The molecule has 0 aromatic heterocycles. The second-order valence-corrected chi connectivity index (χ2v) is 17.1. The van der Waals surface area contributed by atoms with Gasteiger partial charge in [-0.2, -0.15) is 0 Å². The lowest BCUT2D eigenvalue weighted by Gasteiger charge is -2.25. The molecule has 53 heavy (non-hydrogen) atoms. The molecule has 0 heterocycles. The van der Waals surface area contributed by atoms with Crippen molar-refractivity contribution in [1.82, 2.24) is 5.32 Å². The molecule has 0 aliphatic carbocycles. The van der Waals surface area contributed by atoms with E-state index in [1.165, 1.54) is 96.3 Å². The zero-order valence-corrected chi connectivity index (χ0v) is 35.9. The molecule has 0 spiro atoms. The Balaban J connectivity index is 4.56. The average Bonchev–Trinajstić information content (AvgIpc) is 3.10. The minimum absolute atomic E-state index is 0.0508. The van der Waals surface area contributed by atoms with Gasteiger partial charge >= 0.3 is 7.82 Å². The van der Waals surface area contributed by atoms with E-state index in [0.717, 1.165) is 57.8 Å². The highest BCUT2D eigenvalue weighted by atomic mass is 31.2. The molecule has 0 aromatic rings. The van der Waals surface area contributed by atoms with E-state index < -0.39 is 20.0 Å². The van der Waals surface area contributed by atoms with Crippen molar-refractivity contribution in [3.05, 3.63) is 48.6 Å². The second-order valence-electron chi connectivity index (χ2n) is 15.7. The third kappa shape index (κ3) is 38.5. The molecule has 0 saturated heterocycles. The first-order valence-electron chi connectivity index (χ1n) is 21.5. The lowest BCUT2D eigenvalue weighted by molar-refractivity contribution is -0.870. The zero-order valence-electron chi connectivity index (χ0n) is 35.0. The first kappa shape index (κ1) is 51.5. The summed E-state index contributed by atoms with van der Waals surface area (Å²) >= 11 is 0. The topological polar surface area (TPSA) is 105 Å². The van der Waals surface area contributed by atoms with E-state index in [1.807, 2.05) is 27.2 Å². The molecule has 3 atom stereocenters. The molecule has 0 bridgehead atoms. The molecule has 1 amide bonds. The van der Waals surface area contributed by atoms with Crippen LogP contribution in [0.2, 0.25) is 0 Å². The highest BCUT2D eigenvalue weighted by molar-refractivity contribution is 7.47. The number of unbranched alkanes of at least 4 members (excludes halogenated alkanes) is 19. The van der Waals surface area contributed by atoms with Gasteiger partial charge in [0.1, 0.15) is 13.2 Å². The Morgan fingerprint density at radius 3 is 1.51 bits per heavy atom. The first-order valence-corrected chi connectivity index (χ1v) is 23.0. The number of aliphatic hydroxyl groups is 1. The van der Waals surface area contributed by atoms with Crippen molar-refractivity contribution < 1.29 is 32.9 Å². The van der Waals surface area contributed by atoms with Crippen molar-refractivity contribution in [1.29, 1.82) is 0 Å². The number of phosphoric ester groups is 1. The van der Waals surface area contributed by atoms with Crippen molar-refractivity contribution in [3.8, 4) is 0 Å². The molecule has 0 saturated carbocycles. The van der Waals surface area contributed by atoms with Crippen molar-refractivity contribution >= 4 is 13.7 Å². The number of hydrogen-bond donors (Lipinski definition) is 3. The molecule has 3 unspecified atom stereocenters. The zero-order chi connectivity index (χ0) is 39.3. The predicted molar refractivity (Wildman–Crippen MR) is 226 cm³/mol. The van der Waals surface area contributed by atoms with Crippen LogP contribution in [-0.2, 0) is 18.4 Å².